The molecule has 0 aromatic heterocycles. The quantitative estimate of drug-likeness (QED) is 0.880. The molecule has 1 amide bonds. The smallest absolute Gasteiger partial charge is 0.279 e. The first-order chi connectivity index (χ1) is 9.85. The fourth-order valence-electron chi connectivity index (χ4n) is 3.32. The third kappa shape index (κ3) is 4.29. The van der Waals surface area contributed by atoms with Gasteiger partial charge in [-0.2, -0.15) is 0 Å². The largest absolute Gasteiger partial charge is 0.364 e. The van der Waals surface area contributed by atoms with Crippen LogP contribution in [0.3, 0.4) is 0 Å². The fourth-order valence-corrected chi connectivity index (χ4v) is 3.32. The van der Waals surface area contributed by atoms with Gasteiger partial charge in [-0.3, -0.25) is 4.79 Å². The SMILES string of the molecule is Cc1cc(C)c(NC(=O)C[NH+]2C[C@H](C)O[C@@H](C)C2)c(C)c1. The third-order valence-electron chi connectivity index (χ3n) is 3.97. The zero-order valence-electron chi connectivity index (χ0n) is 13.7. The van der Waals surface area contributed by atoms with Crippen LogP contribution in [0.25, 0.3) is 0 Å². The van der Waals surface area contributed by atoms with E-state index in [2.05, 4.69) is 38.2 Å². The molecule has 0 spiro atoms. The van der Waals surface area contributed by atoms with Crippen LogP contribution in [-0.4, -0.2) is 37.7 Å². The van der Waals surface area contributed by atoms with Crippen LogP contribution in [0.1, 0.15) is 30.5 Å². The van der Waals surface area contributed by atoms with Gasteiger partial charge in [-0.25, -0.2) is 0 Å². The van der Waals surface area contributed by atoms with Gasteiger partial charge in [0.2, 0.25) is 0 Å². The molecular formula is C17H27N2O2+. The Morgan fingerprint density at radius 1 is 1.19 bits per heavy atom. The van der Waals surface area contributed by atoms with E-state index in [1.807, 2.05) is 13.8 Å². The molecule has 1 aromatic rings. The van der Waals surface area contributed by atoms with Crippen LogP contribution in [0.4, 0.5) is 5.69 Å². The lowest BCUT2D eigenvalue weighted by molar-refractivity contribution is -0.907. The van der Waals surface area contributed by atoms with E-state index in [9.17, 15) is 4.79 Å². The third-order valence-corrected chi connectivity index (χ3v) is 3.97. The number of hydrogen-bond donors (Lipinski definition) is 2. The van der Waals surface area contributed by atoms with Crippen molar-refractivity contribution in [3.8, 4) is 0 Å². The van der Waals surface area contributed by atoms with Gasteiger partial charge in [0.05, 0.1) is 0 Å². The molecule has 1 aliphatic heterocycles. The number of benzene rings is 1. The van der Waals surface area contributed by atoms with Gasteiger partial charge in [0.25, 0.3) is 5.91 Å². The number of morpholine rings is 1. The van der Waals surface area contributed by atoms with Gasteiger partial charge in [0, 0.05) is 5.69 Å². The van der Waals surface area contributed by atoms with E-state index in [-0.39, 0.29) is 18.1 Å². The molecule has 0 unspecified atom stereocenters. The minimum absolute atomic E-state index is 0.0846. The number of ether oxygens (including phenoxy) is 1. The summed E-state index contributed by atoms with van der Waals surface area (Å²) in [6.45, 7) is 12.6. The summed E-state index contributed by atoms with van der Waals surface area (Å²) >= 11 is 0. The summed E-state index contributed by atoms with van der Waals surface area (Å²) in [5, 5.41) is 3.08. The molecular weight excluding hydrogens is 264 g/mol. The molecule has 1 aliphatic rings. The van der Waals surface area contributed by atoms with Gasteiger partial charge in [0.15, 0.2) is 6.54 Å². The van der Waals surface area contributed by atoms with Crippen molar-refractivity contribution in [1.29, 1.82) is 0 Å². The van der Waals surface area contributed by atoms with Gasteiger partial charge < -0.3 is 15.0 Å². The topological polar surface area (TPSA) is 42.8 Å². The molecule has 4 heteroatoms. The Bertz CT molecular complexity index is 495. The maximum atomic E-state index is 12.3. The second kappa shape index (κ2) is 6.58. The molecule has 21 heavy (non-hydrogen) atoms. The van der Waals surface area contributed by atoms with Crippen molar-refractivity contribution in [3.63, 3.8) is 0 Å². The number of carbonyl (C=O) groups is 1. The fraction of sp³-hybridized carbons (Fsp3) is 0.588. The molecule has 1 aromatic carbocycles. The minimum Gasteiger partial charge on any atom is -0.364 e. The summed E-state index contributed by atoms with van der Waals surface area (Å²) in [4.78, 5) is 13.6. The molecule has 1 saturated heterocycles. The van der Waals surface area contributed by atoms with Crippen molar-refractivity contribution in [1.82, 2.24) is 0 Å². The highest BCUT2D eigenvalue weighted by molar-refractivity contribution is 5.93. The average molecular weight is 291 g/mol. The Hall–Kier alpha value is -1.39. The first-order valence-corrected chi connectivity index (χ1v) is 7.72. The monoisotopic (exact) mass is 291 g/mol. The Balaban J connectivity index is 1.99. The molecule has 0 aliphatic carbocycles. The Morgan fingerprint density at radius 2 is 1.71 bits per heavy atom. The van der Waals surface area contributed by atoms with Crippen LogP contribution in [0.15, 0.2) is 12.1 Å². The number of amides is 1. The second-order valence-corrected chi connectivity index (χ2v) is 6.41. The summed E-state index contributed by atoms with van der Waals surface area (Å²) in [7, 11) is 0. The highest BCUT2D eigenvalue weighted by atomic mass is 16.5. The first-order valence-electron chi connectivity index (χ1n) is 7.72. The van der Waals surface area contributed by atoms with Crippen LogP contribution in [0.2, 0.25) is 0 Å². The molecule has 0 bridgehead atoms. The lowest BCUT2D eigenvalue weighted by atomic mass is 10.1. The molecule has 0 radical (unpaired) electrons. The van der Waals surface area contributed by atoms with Crippen molar-refractivity contribution in [2.75, 3.05) is 25.0 Å². The van der Waals surface area contributed by atoms with Crippen LogP contribution in [0, 0.1) is 20.8 Å². The predicted octanol–water partition coefficient (Wildman–Crippen LogP) is 1.24. The number of aryl methyl sites for hydroxylation is 3. The number of quaternary nitrogens is 1. The molecule has 116 valence electrons. The van der Waals surface area contributed by atoms with E-state index in [1.54, 1.807) is 0 Å². The molecule has 2 atom stereocenters. The molecule has 2 N–H and O–H groups in total. The molecule has 4 nitrogen and oxygen atoms in total. The summed E-state index contributed by atoms with van der Waals surface area (Å²) in [6.07, 6.45) is 0.443. The number of anilines is 1. The zero-order chi connectivity index (χ0) is 15.6. The summed E-state index contributed by atoms with van der Waals surface area (Å²) < 4.78 is 5.72. The first kappa shape index (κ1) is 16.0. The Morgan fingerprint density at radius 3 is 2.24 bits per heavy atom. The van der Waals surface area contributed by atoms with Gasteiger partial charge in [-0.1, -0.05) is 17.7 Å². The summed E-state index contributed by atoms with van der Waals surface area (Å²) in [5.41, 5.74) is 4.43. The lowest BCUT2D eigenvalue weighted by Gasteiger charge is -2.32. The maximum Gasteiger partial charge on any atom is 0.279 e. The van der Waals surface area contributed by atoms with Crippen molar-refractivity contribution >= 4 is 11.6 Å². The molecule has 0 saturated carbocycles. The standard InChI is InChI=1S/C17H26N2O2/c1-11-6-12(2)17(13(3)7-11)18-16(20)10-19-8-14(4)21-15(5)9-19/h6-7,14-15H,8-10H2,1-5H3,(H,18,20)/p+1/t14-,15-/m0/s1. The number of nitrogens with one attached hydrogen (secondary N) is 2. The van der Waals surface area contributed by atoms with E-state index >= 15 is 0 Å². The Labute approximate surface area is 127 Å². The van der Waals surface area contributed by atoms with Crippen molar-refractivity contribution in [2.24, 2.45) is 0 Å². The van der Waals surface area contributed by atoms with Gasteiger partial charge >= 0.3 is 0 Å². The van der Waals surface area contributed by atoms with Crippen LogP contribution < -0.4 is 10.2 Å². The zero-order valence-corrected chi connectivity index (χ0v) is 13.7. The van der Waals surface area contributed by atoms with Gasteiger partial charge in [-0.15, -0.1) is 0 Å². The second-order valence-electron chi connectivity index (χ2n) is 6.41. The number of carbonyl (C=O) groups excluding carboxylic acids is 1. The van der Waals surface area contributed by atoms with Crippen molar-refractivity contribution in [3.05, 3.63) is 28.8 Å². The Kier molecular flexibility index (Phi) is 5.01. The summed E-state index contributed by atoms with van der Waals surface area (Å²) in [5.74, 6) is 0.0846. The highest BCUT2D eigenvalue weighted by Gasteiger charge is 2.27. The van der Waals surface area contributed by atoms with E-state index in [0.29, 0.717) is 6.54 Å². The van der Waals surface area contributed by atoms with Gasteiger partial charge in [0.1, 0.15) is 25.3 Å². The van der Waals surface area contributed by atoms with E-state index in [0.717, 1.165) is 29.9 Å². The van der Waals surface area contributed by atoms with Crippen molar-refractivity contribution in [2.45, 2.75) is 46.8 Å². The molecule has 1 fully saturated rings. The maximum absolute atomic E-state index is 12.3. The number of rotatable bonds is 3. The predicted molar refractivity (Wildman–Crippen MR) is 84.9 cm³/mol. The van der Waals surface area contributed by atoms with E-state index < -0.39 is 0 Å². The molecule has 2 rings (SSSR count). The number of hydrogen-bond acceptors (Lipinski definition) is 2. The van der Waals surface area contributed by atoms with E-state index in [4.69, 9.17) is 4.74 Å². The summed E-state index contributed by atoms with van der Waals surface area (Å²) in [6, 6.07) is 4.21. The molecule has 1 heterocycles. The normalized spacial score (nSPS) is 25.7. The minimum atomic E-state index is 0.0846. The van der Waals surface area contributed by atoms with Crippen LogP contribution in [0.5, 0.6) is 0 Å². The van der Waals surface area contributed by atoms with Gasteiger partial charge in [-0.05, 0) is 45.7 Å². The average Bonchev–Trinajstić information content (AvgIpc) is 2.32. The van der Waals surface area contributed by atoms with Crippen molar-refractivity contribution < 1.29 is 14.4 Å². The highest BCUT2D eigenvalue weighted by Crippen LogP contribution is 2.21. The van der Waals surface area contributed by atoms with E-state index in [1.165, 1.54) is 10.5 Å². The lowest BCUT2D eigenvalue weighted by Crippen LogP contribution is -3.16. The van der Waals surface area contributed by atoms with Crippen LogP contribution >= 0.6 is 0 Å². The van der Waals surface area contributed by atoms with Crippen LogP contribution in [-0.2, 0) is 9.53 Å².